The van der Waals surface area contributed by atoms with Crippen LogP contribution in [-0.2, 0) is 17.8 Å². The third-order valence-corrected chi connectivity index (χ3v) is 4.63. The summed E-state index contributed by atoms with van der Waals surface area (Å²) in [5.41, 5.74) is 4.93. The number of hydrogen-bond donors (Lipinski definition) is 0. The Balaban J connectivity index is 2.61. The summed E-state index contributed by atoms with van der Waals surface area (Å²) in [6.07, 6.45) is 1.82. The van der Waals surface area contributed by atoms with E-state index < -0.39 is 11.4 Å². The van der Waals surface area contributed by atoms with E-state index in [9.17, 15) is 4.55 Å². The average molecular weight is 279 g/mol. The molecule has 0 unspecified atom stereocenters. The van der Waals surface area contributed by atoms with Gasteiger partial charge in [0.15, 0.2) is 0 Å². The predicted molar refractivity (Wildman–Crippen MR) is 85.2 cm³/mol. The van der Waals surface area contributed by atoms with Crippen LogP contribution in [0.3, 0.4) is 0 Å². The Morgan fingerprint density at radius 1 is 1.21 bits per heavy atom. The van der Waals surface area contributed by atoms with Crippen LogP contribution < -0.4 is 0 Å². The monoisotopic (exact) mass is 279 g/mol. The van der Waals surface area contributed by atoms with Gasteiger partial charge >= 0.3 is 0 Å². The van der Waals surface area contributed by atoms with Gasteiger partial charge in [0.1, 0.15) is 16.1 Å². The summed E-state index contributed by atoms with van der Waals surface area (Å²) in [7, 11) is 0. The Bertz CT molecular complexity index is 460. The van der Waals surface area contributed by atoms with Crippen LogP contribution in [0.2, 0.25) is 0 Å². The van der Waals surface area contributed by atoms with Crippen LogP contribution in [0.15, 0.2) is 22.6 Å². The Morgan fingerprint density at radius 2 is 1.84 bits per heavy atom. The van der Waals surface area contributed by atoms with Crippen LogP contribution >= 0.6 is 0 Å². The molecule has 0 spiro atoms. The lowest BCUT2D eigenvalue weighted by molar-refractivity contribution is 0.561. The summed E-state index contributed by atoms with van der Waals surface area (Å²) in [5.74, 6) is 0. The zero-order valence-electron chi connectivity index (χ0n) is 12.9. The van der Waals surface area contributed by atoms with Gasteiger partial charge in [-0.15, -0.1) is 0 Å². The fourth-order valence-electron chi connectivity index (χ4n) is 1.61. The maximum atomic E-state index is 11.9. The minimum absolute atomic E-state index is 0.276. The highest BCUT2D eigenvalue weighted by molar-refractivity contribution is 7.91. The Morgan fingerprint density at radius 3 is 2.37 bits per heavy atom. The van der Waals surface area contributed by atoms with Gasteiger partial charge in [0.05, 0.1) is 5.71 Å². The van der Waals surface area contributed by atoms with Crippen LogP contribution in [0, 0.1) is 13.8 Å². The first kappa shape index (κ1) is 16.3. The van der Waals surface area contributed by atoms with Gasteiger partial charge in [-0.05, 0) is 71.1 Å². The molecule has 106 valence electrons. The van der Waals surface area contributed by atoms with Crippen LogP contribution in [-0.4, -0.2) is 15.0 Å². The fraction of sp³-hybridized carbons (Fsp3) is 0.562. The quantitative estimate of drug-likeness (QED) is 0.602. The lowest BCUT2D eigenvalue weighted by atomic mass is 10.0. The molecule has 0 saturated heterocycles. The molecule has 0 aliphatic carbocycles. The zero-order chi connectivity index (χ0) is 14.6. The number of rotatable bonds is 4. The molecular formula is C16H25NOS. The summed E-state index contributed by atoms with van der Waals surface area (Å²) in [5, 5.41) is 0. The molecule has 0 aromatic heterocycles. The van der Waals surface area contributed by atoms with Crippen molar-refractivity contribution in [2.45, 2.75) is 59.1 Å². The molecular weight excluding hydrogens is 254 g/mol. The summed E-state index contributed by atoms with van der Waals surface area (Å²) in [6.45, 7) is 12.1. The standard InChI is InChI=1S/C16H25NOS/c1-12-7-9-15(11-13(12)2)10-8-14(3)17-19(18)16(4,5)6/h7,9,11H,8,10H2,1-6H3/b17-14+/t19-/m1/s1. The van der Waals surface area contributed by atoms with Crippen molar-refractivity contribution in [2.75, 3.05) is 0 Å². The molecule has 1 rings (SSSR count). The van der Waals surface area contributed by atoms with E-state index in [1.54, 1.807) is 0 Å². The molecule has 0 radical (unpaired) electrons. The predicted octanol–water partition coefficient (Wildman–Crippen LogP) is 4.16. The molecule has 2 nitrogen and oxygen atoms in total. The molecule has 0 N–H and O–H groups in total. The van der Waals surface area contributed by atoms with Gasteiger partial charge in [-0.2, -0.15) is 0 Å². The largest absolute Gasteiger partial charge is 0.591 e. The second-order valence-corrected chi connectivity index (χ2v) is 8.01. The number of aryl methyl sites for hydroxylation is 3. The van der Waals surface area contributed by atoms with Crippen LogP contribution in [0.1, 0.15) is 50.8 Å². The summed E-state index contributed by atoms with van der Waals surface area (Å²) in [6, 6.07) is 6.55. The Labute approximate surface area is 120 Å². The van der Waals surface area contributed by atoms with E-state index in [1.165, 1.54) is 16.7 Å². The maximum Gasteiger partial charge on any atom is 0.144 e. The molecule has 0 heterocycles. The van der Waals surface area contributed by atoms with Crippen molar-refractivity contribution in [3.05, 3.63) is 34.9 Å². The van der Waals surface area contributed by atoms with E-state index in [-0.39, 0.29) is 4.75 Å². The van der Waals surface area contributed by atoms with Gasteiger partial charge in [0.2, 0.25) is 0 Å². The van der Waals surface area contributed by atoms with Gasteiger partial charge < -0.3 is 4.55 Å². The second kappa shape index (κ2) is 6.58. The molecule has 0 bridgehead atoms. The first-order valence-corrected chi connectivity index (χ1v) is 7.83. The highest BCUT2D eigenvalue weighted by Crippen LogP contribution is 2.18. The average Bonchev–Trinajstić information content (AvgIpc) is 2.29. The van der Waals surface area contributed by atoms with E-state index in [1.807, 2.05) is 27.7 Å². The van der Waals surface area contributed by atoms with Gasteiger partial charge in [-0.1, -0.05) is 22.6 Å². The van der Waals surface area contributed by atoms with E-state index in [0.29, 0.717) is 0 Å². The van der Waals surface area contributed by atoms with Gasteiger partial charge in [-0.25, -0.2) is 0 Å². The topological polar surface area (TPSA) is 35.4 Å². The SMILES string of the molecule is C/C(CCc1ccc(C)c(C)c1)=N\[S@+]([O-])C(C)(C)C. The minimum atomic E-state index is -1.15. The lowest BCUT2D eigenvalue weighted by Crippen LogP contribution is -2.26. The molecule has 0 fully saturated rings. The second-order valence-electron chi connectivity index (χ2n) is 6.11. The van der Waals surface area contributed by atoms with Gasteiger partial charge in [0, 0.05) is 0 Å². The fourth-order valence-corrected chi connectivity index (χ4v) is 2.26. The van der Waals surface area contributed by atoms with Crippen LogP contribution in [0.5, 0.6) is 0 Å². The Kier molecular flexibility index (Phi) is 5.63. The van der Waals surface area contributed by atoms with Crippen molar-refractivity contribution in [1.82, 2.24) is 0 Å². The van der Waals surface area contributed by atoms with Crippen LogP contribution in [0.25, 0.3) is 0 Å². The smallest absolute Gasteiger partial charge is 0.144 e. The number of nitrogens with zero attached hydrogens (tertiary/aromatic N) is 1. The van der Waals surface area contributed by atoms with E-state index in [0.717, 1.165) is 18.6 Å². The van der Waals surface area contributed by atoms with Crippen molar-refractivity contribution < 1.29 is 4.55 Å². The Hall–Kier alpha value is -0.800. The first-order valence-electron chi connectivity index (χ1n) is 6.72. The highest BCUT2D eigenvalue weighted by Gasteiger charge is 2.26. The maximum absolute atomic E-state index is 11.9. The summed E-state index contributed by atoms with van der Waals surface area (Å²) in [4.78, 5) is 0. The first-order chi connectivity index (χ1) is 8.70. The minimum Gasteiger partial charge on any atom is -0.591 e. The van der Waals surface area contributed by atoms with Gasteiger partial charge in [0.25, 0.3) is 0 Å². The molecule has 1 aromatic rings. The highest BCUT2D eigenvalue weighted by atomic mass is 32.2. The van der Waals surface area contributed by atoms with E-state index in [2.05, 4.69) is 36.4 Å². The van der Waals surface area contributed by atoms with Gasteiger partial charge in [-0.3, -0.25) is 0 Å². The lowest BCUT2D eigenvalue weighted by Gasteiger charge is -2.18. The third kappa shape index (κ3) is 5.37. The molecule has 0 aliphatic heterocycles. The van der Waals surface area contributed by atoms with Crippen molar-refractivity contribution in [3.8, 4) is 0 Å². The van der Waals surface area contributed by atoms with Crippen molar-refractivity contribution in [1.29, 1.82) is 0 Å². The third-order valence-electron chi connectivity index (χ3n) is 3.11. The van der Waals surface area contributed by atoms with E-state index in [4.69, 9.17) is 0 Å². The number of hydrogen-bond acceptors (Lipinski definition) is 2. The summed E-state index contributed by atoms with van der Waals surface area (Å²) >= 11 is -1.15. The van der Waals surface area contributed by atoms with Crippen molar-refractivity contribution >= 4 is 17.1 Å². The molecule has 1 atom stereocenters. The molecule has 0 aliphatic rings. The van der Waals surface area contributed by atoms with Crippen molar-refractivity contribution in [3.63, 3.8) is 0 Å². The van der Waals surface area contributed by atoms with Crippen molar-refractivity contribution in [2.24, 2.45) is 4.40 Å². The molecule has 0 saturated carbocycles. The van der Waals surface area contributed by atoms with E-state index >= 15 is 0 Å². The molecule has 0 amide bonds. The summed E-state index contributed by atoms with van der Waals surface area (Å²) < 4.78 is 15.9. The normalized spacial score (nSPS) is 14.6. The molecule has 19 heavy (non-hydrogen) atoms. The van der Waals surface area contributed by atoms with Crippen LogP contribution in [0.4, 0.5) is 0 Å². The molecule has 1 aromatic carbocycles. The number of benzene rings is 1. The zero-order valence-corrected chi connectivity index (χ0v) is 13.7. The molecule has 3 heteroatoms.